The van der Waals surface area contributed by atoms with Gasteiger partial charge in [0.15, 0.2) is 0 Å². The Labute approximate surface area is 106 Å². The highest BCUT2D eigenvalue weighted by molar-refractivity contribution is 5.53. The predicted molar refractivity (Wildman–Crippen MR) is 71.0 cm³/mol. The molecule has 0 amide bonds. The van der Waals surface area contributed by atoms with E-state index in [1.807, 2.05) is 53.3 Å². The zero-order valence-corrected chi connectivity index (χ0v) is 9.90. The average Bonchev–Trinajstić information content (AvgIpc) is 2.89. The quantitative estimate of drug-likeness (QED) is 0.698. The molecule has 0 radical (unpaired) electrons. The molecule has 0 saturated carbocycles. The largest absolute Gasteiger partial charge is 0.259 e. The van der Waals surface area contributed by atoms with Crippen LogP contribution in [0.5, 0.6) is 0 Å². The molecule has 88 valence electrons. The summed E-state index contributed by atoms with van der Waals surface area (Å²) in [7, 11) is 0. The van der Waals surface area contributed by atoms with Crippen LogP contribution in [0.25, 0.3) is 11.4 Å². The second kappa shape index (κ2) is 4.84. The Bertz CT molecular complexity index is 615. The number of rotatable bonds is 3. The summed E-state index contributed by atoms with van der Waals surface area (Å²) in [5.74, 6) is 0. The molecule has 3 nitrogen and oxygen atoms in total. The number of benzene rings is 1. The molecule has 0 aliphatic heterocycles. The van der Waals surface area contributed by atoms with Crippen LogP contribution in [0.4, 0.5) is 0 Å². The van der Waals surface area contributed by atoms with Crippen LogP contribution in [0.1, 0.15) is 5.56 Å². The van der Waals surface area contributed by atoms with Crippen LogP contribution in [-0.2, 0) is 6.54 Å². The molecule has 0 atom stereocenters. The summed E-state index contributed by atoms with van der Waals surface area (Å²) in [6.07, 6.45) is 3.61. The fourth-order valence-electron chi connectivity index (χ4n) is 1.95. The van der Waals surface area contributed by atoms with Crippen LogP contribution in [0.3, 0.4) is 0 Å². The molecular formula is C15H13N3. The summed E-state index contributed by atoms with van der Waals surface area (Å²) in [5.41, 5.74) is 3.23. The van der Waals surface area contributed by atoms with E-state index in [0.717, 1.165) is 17.9 Å². The first-order chi connectivity index (χ1) is 8.93. The molecule has 0 spiro atoms. The highest BCUT2D eigenvalue weighted by atomic mass is 15.3. The van der Waals surface area contributed by atoms with Gasteiger partial charge in [-0.3, -0.25) is 9.67 Å². The van der Waals surface area contributed by atoms with Gasteiger partial charge in [0.1, 0.15) is 0 Å². The SMILES string of the molecule is c1ccc(Cn2nccc2-c2ccccn2)cc1. The molecule has 0 aliphatic rings. The lowest BCUT2D eigenvalue weighted by Crippen LogP contribution is -2.03. The number of nitrogens with zero attached hydrogens (tertiary/aromatic N) is 3. The molecule has 0 aliphatic carbocycles. The molecule has 2 aromatic heterocycles. The first-order valence-corrected chi connectivity index (χ1v) is 5.90. The molecule has 3 heteroatoms. The van der Waals surface area contributed by atoms with Crippen molar-refractivity contribution in [3.8, 4) is 11.4 Å². The molecule has 3 aromatic rings. The Morgan fingerprint density at radius 3 is 2.44 bits per heavy atom. The maximum Gasteiger partial charge on any atom is 0.0883 e. The Morgan fingerprint density at radius 2 is 1.67 bits per heavy atom. The van der Waals surface area contributed by atoms with Crippen LogP contribution >= 0.6 is 0 Å². The monoisotopic (exact) mass is 235 g/mol. The van der Waals surface area contributed by atoms with Gasteiger partial charge < -0.3 is 0 Å². The Morgan fingerprint density at radius 1 is 0.833 bits per heavy atom. The van der Waals surface area contributed by atoms with E-state index in [-0.39, 0.29) is 0 Å². The van der Waals surface area contributed by atoms with Crippen molar-refractivity contribution in [3.05, 3.63) is 72.6 Å². The lowest BCUT2D eigenvalue weighted by Gasteiger charge is -2.06. The number of pyridine rings is 1. The number of aromatic nitrogens is 3. The van der Waals surface area contributed by atoms with E-state index in [2.05, 4.69) is 22.2 Å². The molecular weight excluding hydrogens is 222 g/mol. The molecule has 0 saturated heterocycles. The second-order valence-electron chi connectivity index (χ2n) is 4.07. The van der Waals surface area contributed by atoms with E-state index in [4.69, 9.17) is 0 Å². The van der Waals surface area contributed by atoms with Gasteiger partial charge in [0.2, 0.25) is 0 Å². The minimum atomic E-state index is 0.764. The van der Waals surface area contributed by atoms with Crippen LogP contribution in [-0.4, -0.2) is 14.8 Å². The van der Waals surface area contributed by atoms with Crippen molar-refractivity contribution in [1.29, 1.82) is 0 Å². The summed E-state index contributed by atoms with van der Waals surface area (Å²) in [6, 6.07) is 18.2. The topological polar surface area (TPSA) is 30.7 Å². The fourth-order valence-corrected chi connectivity index (χ4v) is 1.95. The van der Waals surface area contributed by atoms with E-state index >= 15 is 0 Å². The van der Waals surface area contributed by atoms with Crippen molar-refractivity contribution in [2.45, 2.75) is 6.54 Å². The van der Waals surface area contributed by atoms with Crippen molar-refractivity contribution in [1.82, 2.24) is 14.8 Å². The third-order valence-electron chi connectivity index (χ3n) is 2.82. The van der Waals surface area contributed by atoms with Crippen molar-refractivity contribution in [2.75, 3.05) is 0 Å². The highest BCUT2D eigenvalue weighted by Crippen LogP contribution is 2.16. The van der Waals surface area contributed by atoms with Gasteiger partial charge in [-0.25, -0.2) is 0 Å². The maximum absolute atomic E-state index is 4.36. The van der Waals surface area contributed by atoms with Crippen molar-refractivity contribution in [3.63, 3.8) is 0 Å². The zero-order chi connectivity index (χ0) is 12.2. The lowest BCUT2D eigenvalue weighted by molar-refractivity contribution is 0.693. The summed E-state index contributed by atoms with van der Waals surface area (Å²) in [5, 5.41) is 4.36. The van der Waals surface area contributed by atoms with Gasteiger partial charge in [-0.15, -0.1) is 0 Å². The standard InChI is InChI=1S/C15H13N3/c1-2-6-13(7-3-1)12-18-15(9-11-17-18)14-8-4-5-10-16-14/h1-11H,12H2. The maximum atomic E-state index is 4.36. The van der Waals surface area contributed by atoms with Crippen molar-refractivity contribution >= 4 is 0 Å². The third-order valence-corrected chi connectivity index (χ3v) is 2.82. The normalized spacial score (nSPS) is 10.4. The Hall–Kier alpha value is -2.42. The number of hydrogen-bond acceptors (Lipinski definition) is 2. The van der Waals surface area contributed by atoms with Gasteiger partial charge >= 0.3 is 0 Å². The van der Waals surface area contributed by atoms with Gasteiger partial charge in [0.25, 0.3) is 0 Å². The molecule has 0 N–H and O–H groups in total. The minimum Gasteiger partial charge on any atom is -0.259 e. The van der Waals surface area contributed by atoms with E-state index in [1.54, 1.807) is 6.20 Å². The smallest absolute Gasteiger partial charge is 0.0883 e. The second-order valence-corrected chi connectivity index (χ2v) is 4.07. The lowest BCUT2D eigenvalue weighted by atomic mass is 10.2. The van der Waals surface area contributed by atoms with E-state index < -0.39 is 0 Å². The molecule has 1 aromatic carbocycles. The average molecular weight is 235 g/mol. The van der Waals surface area contributed by atoms with E-state index in [0.29, 0.717) is 0 Å². The van der Waals surface area contributed by atoms with Crippen LogP contribution < -0.4 is 0 Å². The zero-order valence-electron chi connectivity index (χ0n) is 9.90. The van der Waals surface area contributed by atoms with Crippen molar-refractivity contribution < 1.29 is 0 Å². The molecule has 0 unspecified atom stereocenters. The minimum absolute atomic E-state index is 0.764. The van der Waals surface area contributed by atoms with Crippen molar-refractivity contribution in [2.24, 2.45) is 0 Å². The van der Waals surface area contributed by atoms with Gasteiger partial charge in [-0.2, -0.15) is 5.10 Å². The third kappa shape index (κ3) is 2.15. The summed E-state index contributed by atoms with van der Waals surface area (Å²) in [6.45, 7) is 0.764. The van der Waals surface area contributed by atoms with Gasteiger partial charge in [-0.05, 0) is 23.8 Å². The highest BCUT2D eigenvalue weighted by Gasteiger charge is 2.06. The first-order valence-electron chi connectivity index (χ1n) is 5.90. The van der Waals surface area contributed by atoms with Crippen LogP contribution in [0.15, 0.2) is 67.0 Å². The predicted octanol–water partition coefficient (Wildman–Crippen LogP) is 2.99. The van der Waals surface area contributed by atoms with Gasteiger partial charge in [0, 0.05) is 12.4 Å². The first kappa shape index (κ1) is 10.7. The molecule has 2 heterocycles. The van der Waals surface area contributed by atoms with Gasteiger partial charge in [0.05, 0.1) is 17.9 Å². The summed E-state index contributed by atoms with van der Waals surface area (Å²) in [4.78, 5) is 4.36. The fraction of sp³-hybridized carbons (Fsp3) is 0.0667. The Kier molecular flexibility index (Phi) is 2.88. The van der Waals surface area contributed by atoms with Gasteiger partial charge in [-0.1, -0.05) is 36.4 Å². The molecule has 3 rings (SSSR count). The van der Waals surface area contributed by atoms with Crippen LogP contribution in [0, 0.1) is 0 Å². The molecule has 18 heavy (non-hydrogen) atoms. The van der Waals surface area contributed by atoms with E-state index in [9.17, 15) is 0 Å². The summed E-state index contributed by atoms with van der Waals surface area (Å²) >= 11 is 0. The molecule has 0 fully saturated rings. The molecule has 0 bridgehead atoms. The van der Waals surface area contributed by atoms with Crippen LogP contribution in [0.2, 0.25) is 0 Å². The summed E-state index contributed by atoms with van der Waals surface area (Å²) < 4.78 is 1.97. The number of hydrogen-bond donors (Lipinski definition) is 0. The van der Waals surface area contributed by atoms with E-state index in [1.165, 1.54) is 5.56 Å². The Balaban J connectivity index is 1.93.